The van der Waals surface area contributed by atoms with Crippen molar-refractivity contribution in [3.8, 4) is 11.5 Å². The van der Waals surface area contributed by atoms with Gasteiger partial charge in [-0.1, -0.05) is 30.3 Å². The van der Waals surface area contributed by atoms with E-state index in [0.717, 1.165) is 5.56 Å². The lowest BCUT2D eigenvalue weighted by molar-refractivity contribution is -0.119. The first-order chi connectivity index (χ1) is 11.1. The van der Waals surface area contributed by atoms with E-state index in [0.29, 0.717) is 11.5 Å². The molecule has 2 aromatic rings. The Morgan fingerprint density at radius 1 is 1.22 bits per heavy atom. The van der Waals surface area contributed by atoms with Gasteiger partial charge in [0.1, 0.15) is 5.82 Å². The SMILES string of the molecule is C=C[C@@H](c1ccc2c(c1)OCO2)[C@@H](C(N)=O)c1ccccc1F. The van der Waals surface area contributed by atoms with Crippen LogP contribution in [0.5, 0.6) is 11.5 Å². The second-order valence-electron chi connectivity index (χ2n) is 5.28. The van der Waals surface area contributed by atoms with Gasteiger partial charge in [0.2, 0.25) is 12.7 Å². The molecule has 0 saturated heterocycles. The van der Waals surface area contributed by atoms with Gasteiger partial charge in [-0.25, -0.2) is 4.39 Å². The van der Waals surface area contributed by atoms with Crippen LogP contribution in [0.1, 0.15) is 23.0 Å². The highest BCUT2D eigenvalue weighted by molar-refractivity contribution is 5.83. The first-order valence-corrected chi connectivity index (χ1v) is 7.17. The standard InChI is InChI=1S/C18H16FNO3/c1-2-12(11-7-8-15-16(9-11)23-10-22-15)17(18(20)21)13-5-3-4-6-14(13)19/h2-9,12,17H,1,10H2,(H2,20,21)/t12-,17+/m0/s1. The Morgan fingerprint density at radius 3 is 2.65 bits per heavy atom. The third-order valence-corrected chi connectivity index (χ3v) is 3.94. The van der Waals surface area contributed by atoms with Crippen LogP contribution in [-0.4, -0.2) is 12.7 Å². The number of halogens is 1. The number of allylic oxidation sites excluding steroid dienone is 1. The molecular formula is C18H16FNO3. The average Bonchev–Trinajstić information content (AvgIpc) is 3.00. The number of carbonyl (C=O) groups excluding carboxylic acids is 1. The molecule has 0 radical (unpaired) electrons. The van der Waals surface area contributed by atoms with Crippen molar-refractivity contribution in [1.82, 2.24) is 0 Å². The third kappa shape index (κ3) is 2.77. The Balaban J connectivity index is 2.05. The maximum absolute atomic E-state index is 14.1. The highest BCUT2D eigenvalue weighted by Crippen LogP contribution is 2.40. The van der Waals surface area contributed by atoms with Crippen molar-refractivity contribution in [3.05, 3.63) is 72.1 Å². The molecule has 1 aliphatic heterocycles. The minimum Gasteiger partial charge on any atom is -0.454 e. The van der Waals surface area contributed by atoms with Crippen LogP contribution in [-0.2, 0) is 4.79 Å². The molecule has 0 aliphatic carbocycles. The van der Waals surface area contributed by atoms with Gasteiger partial charge in [0, 0.05) is 11.5 Å². The van der Waals surface area contributed by atoms with Crippen molar-refractivity contribution >= 4 is 5.91 Å². The van der Waals surface area contributed by atoms with Gasteiger partial charge in [-0.05, 0) is 23.8 Å². The Kier molecular flexibility index (Phi) is 4.02. The maximum atomic E-state index is 14.1. The van der Waals surface area contributed by atoms with E-state index in [-0.39, 0.29) is 12.4 Å². The van der Waals surface area contributed by atoms with E-state index < -0.39 is 23.6 Å². The Morgan fingerprint density at radius 2 is 1.96 bits per heavy atom. The number of carbonyl (C=O) groups is 1. The van der Waals surface area contributed by atoms with Gasteiger partial charge in [-0.3, -0.25) is 4.79 Å². The summed E-state index contributed by atoms with van der Waals surface area (Å²) in [6.45, 7) is 3.94. The van der Waals surface area contributed by atoms with Crippen molar-refractivity contribution in [2.45, 2.75) is 11.8 Å². The van der Waals surface area contributed by atoms with Crippen molar-refractivity contribution in [2.75, 3.05) is 6.79 Å². The van der Waals surface area contributed by atoms with E-state index in [1.54, 1.807) is 42.5 Å². The fourth-order valence-electron chi connectivity index (χ4n) is 2.84. The highest BCUT2D eigenvalue weighted by Gasteiger charge is 2.30. The van der Waals surface area contributed by atoms with Gasteiger partial charge in [0.15, 0.2) is 11.5 Å². The van der Waals surface area contributed by atoms with Gasteiger partial charge in [0.25, 0.3) is 0 Å². The molecule has 2 aromatic carbocycles. The smallest absolute Gasteiger partial charge is 0.231 e. The molecule has 0 aromatic heterocycles. The van der Waals surface area contributed by atoms with Crippen molar-refractivity contribution in [3.63, 3.8) is 0 Å². The van der Waals surface area contributed by atoms with Crippen LogP contribution in [0.3, 0.4) is 0 Å². The first kappa shape index (κ1) is 15.1. The molecule has 2 atom stereocenters. The lowest BCUT2D eigenvalue weighted by atomic mass is 9.80. The quantitative estimate of drug-likeness (QED) is 0.863. The van der Waals surface area contributed by atoms with Gasteiger partial charge >= 0.3 is 0 Å². The molecule has 1 aliphatic rings. The van der Waals surface area contributed by atoms with E-state index in [2.05, 4.69) is 6.58 Å². The summed E-state index contributed by atoms with van der Waals surface area (Å²) in [4.78, 5) is 12.0. The van der Waals surface area contributed by atoms with E-state index in [1.165, 1.54) is 6.07 Å². The van der Waals surface area contributed by atoms with E-state index >= 15 is 0 Å². The summed E-state index contributed by atoms with van der Waals surface area (Å²) < 4.78 is 24.8. The Hall–Kier alpha value is -2.82. The lowest BCUT2D eigenvalue weighted by Crippen LogP contribution is -2.27. The summed E-state index contributed by atoms with van der Waals surface area (Å²) in [5.41, 5.74) is 6.57. The fourth-order valence-corrected chi connectivity index (χ4v) is 2.84. The normalized spacial score (nSPS) is 15.0. The zero-order chi connectivity index (χ0) is 16.4. The summed E-state index contributed by atoms with van der Waals surface area (Å²) >= 11 is 0. The topological polar surface area (TPSA) is 61.6 Å². The zero-order valence-corrected chi connectivity index (χ0v) is 12.4. The lowest BCUT2D eigenvalue weighted by Gasteiger charge is -2.23. The molecule has 1 heterocycles. The number of fused-ring (bicyclic) bond motifs is 1. The van der Waals surface area contributed by atoms with Gasteiger partial charge in [0.05, 0.1) is 5.92 Å². The molecule has 0 fully saturated rings. The molecule has 23 heavy (non-hydrogen) atoms. The fraction of sp³-hybridized carbons (Fsp3) is 0.167. The van der Waals surface area contributed by atoms with Crippen molar-refractivity contribution in [2.24, 2.45) is 5.73 Å². The number of hydrogen-bond acceptors (Lipinski definition) is 3. The van der Waals surface area contributed by atoms with Crippen molar-refractivity contribution in [1.29, 1.82) is 0 Å². The van der Waals surface area contributed by atoms with E-state index in [4.69, 9.17) is 15.2 Å². The average molecular weight is 313 g/mol. The summed E-state index contributed by atoms with van der Waals surface area (Å²) in [7, 11) is 0. The number of primary amides is 1. The van der Waals surface area contributed by atoms with Crippen LogP contribution in [0.25, 0.3) is 0 Å². The van der Waals surface area contributed by atoms with Gasteiger partial charge in [-0.2, -0.15) is 0 Å². The largest absolute Gasteiger partial charge is 0.454 e. The molecule has 4 nitrogen and oxygen atoms in total. The van der Waals surface area contributed by atoms with Crippen LogP contribution in [0.2, 0.25) is 0 Å². The van der Waals surface area contributed by atoms with Crippen molar-refractivity contribution < 1.29 is 18.7 Å². The van der Waals surface area contributed by atoms with Gasteiger partial charge in [-0.15, -0.1) is 6.58 Å². The maximum Gasteiger partial charge on any atom is 0.231 e. The Bertz CT molecular complexity index is 760. The zero-order valence-electron chi connectivity index (χ0n) is 12.4. The predicted molar refractivity (Wildman–Crippen MR) is 83.8 cm³/mol. The molecule has 3 rings (SSSR count). The minimum absolute atomic E-state index is 0.157. The minimum atomic E-state index is -0.853. The predicted octanol–water partition coefficient (Wildman–Crippen LogP) is 3.09. The molecule has 0 unspecified atom stereocenters. The number of amides is 1. The summed E-state index contributed by atoms with van der Waals surface area (Å²) in [6.07, 6.45) is 1.60. The molecule has 5 heteroatoms. The molecule has 2 N–H and O–H groups in total. The first-order valence-electron chi connectivity index (χ1n) is 7.17. The summed E-state index contributed by atoms with van der Waals surface area (Å²) in [5.74, 6) is -1.18. The second-order valence-corrected chi connectivity index (χ2v) is 5.28. The molecule has 1 amide bonds. The van der Waals surface area contributed by atoms with Crippen LogP contribution in [0.15, 0.2) is 55.1 Å². The molecule has 0 bridgehead atoms. The second kappa shape index (κ2) is 6.12. The molecule has 0 spiro atoms. The molecule has 118 valence electrons. The van der Waals surface area contributed by atoms with Crippen LogP contribution >= 0.6 is 0 Å². The molecule has 0 saturated carbocycles. The third-order valence-electron chi connectivity index (χ3n) is 3.94. The Labute approximate surface area is 133 Å². The number of hydrogen-bond donors (Lipinski definition) is 1. The number of nitrogens with two attached hydrogens (primary N) is 1. The summed E-state index contributed by atoms with van der Waals surface area (Å²) in [5, 5.41) is 0. The monoisotopic (exact) mass is 313 g/mol. The highest BCUT2D eigenvalue weighted by atomic mass is 19.1. The van der Waals surface area contributed by atoms with E-state index in [1.807, 2.05) is 0 Å². The van der Waals surface area contributed by atoms with Crippen LogP contribution in [0.4, 0.5) is 4.39 Å². The number of rotatable bonds is 5. The molecular weight excluding hydrogens is 297 g/mol. The van der Waals surface area contributed by atoms with Gasteiger partial charge < -0.3 is 15.2 Å². The number of ether oxygens (including phenoxy) is 2. The van der Waals surface area contributed by atoms with E-state index in [9.17, 15) is 9.18 Å². The van der Waals surface area contributed by atoms with Crippen LogP contribution in [0, 0.1) is 5.82 Å². The summed E-state index contributed by atoms with van der Waals surface area (Å²) in [6, 6.07) is 11.4. The van der Waals surface area contributed by atoms with Crippen LogP contribution < -0.4 is 15.2 Å². The number of benzene rings is 2.